The van der Waals surface area contributed by atoms with Crippen molar-refractivity contribution in [3.05, 3.63) is 72.4 Å². The van der Waals surface area contributed by atoms with E-state index >= 15 is 0 Å². The molecule has 7 nitrogen and oxygen atoms in total. The van der Waals surface area contributed by atoms with Gasteiger partial charge in [-0.15, -0.1) is 0 Å². The lowest BCUT2D eigenvalue weighted by Crippen LogP contribution is -2.43. The summed E-state index contributed by atoms with van der Waals surface area (Å²) in [5, 5.41) is 15.2. The summed E-state index contributed by atoms with van der Waals surface area (Å²) in [7, 11) is 2.01. The molecular weight excluding hydrogens is 397 g/mol. The Hall–Kier alpha value is -2.97. The molecule has 1 aromatic carbocycles. The third-order valence-electron chi connectivity index (χ3n) is 5.46. The molecule has 1 atom stereocenters. The molecule has 31 heavy (non-hydrogen) atoms. The van der Waals surface area contributed by atoms with Crippen molar-refractivity contribution in [1.29, 1.82) is 0 Å². The van der Waals surface area contributed by atoms with Crippen molar-refractivity contribution in [3.63, 3.8) is 0 Å². The molecule has 164 valence electrons. The topological polar surface area (TPSA) is 66.7 Å². The average molecular weight is 426 g/mol. The number of likely N-dealkylation sites (N-methyl/N-ethyl adjacent to an activating group) is 1. The smallest absolute Gasteiger partial charge is 0.141 e. The molecule has 1 saturated heterocycles. The van der Waals surface area contributed by atoms with Crippen LogP contribution in [0.2, 0.25) is 0 Å². The van der Waals surface area contributed by atoms with Crippen LogP contribution in [0.3, 0.4) is 0 Å². The number of ether oxygens (including phenoxy) is 1. The summed E-state index contributed by atoms with van der Waals surface area (Å²) in [6.45, 7) is 3.73. The number of benzene rings is 1. The minimum atomic E-state index is -0.819. The van der Waals surface area contributed by atoms with Gasteiger partial charge < -0.3 is 14.7 Å². The normalized spacial score (nSPS) is 18.6. The van der Waals surface area contributed by atoms with Crippen molar-refractivity contribution in [2.24, 2.45) is 0 Å². The molecule has 1 fully saturated rings. The Labute approximate surface area is 181 Å². The Bertz CT molecular complexity index is 949. The van der Waals surface area contributed by atoms with Gasteiger partial charge in [-0.3, -0.25) is 9.58 Å². The van der Waals surface area contributed by atoms with Crippen molar-refractivity contribution < 1.29 is 14.2 Å². The summed E-state index contributed by atoms with van der Waals surface area (Å²) in [4.78, 5) is 8.25. The molecule has 0 saturated carbocycles. The third-order valence-corrected chi connectivity index (χ3v) is 5.46. The fraction of sp³-hybridized carbons (Fsp3) is 0.391. The summed E-state index contributed by atoms with van der Waals surface area (Å²) in [6.07, 6.45) is 5.53. The second kappa shape index (κ2) is 9.45. The molecule has 1 N–H and O–H groups in total. The third kappa shape index (κ3) is 5.80. The van der Waals surface area contributed by atoms with Gasteiger partial charge in [0.15, 0.2) is 0 Å². The second-order valence-electron chi connectivity index (χ2n) is 8.16. The van der Waals surface area contributed by atoms with Gasteiger partial charge in [0.25, 0.3) is 0 Å². The van der Waals surface area contributed by atoms with Gasteiger partial charge in [-0.05, 0) is 49.4 Å². The molecule has 4 rings (SSSR count). The van der Waals surface area contributed by atoms with Gasteiger partial charge in [0.05, 0.1) is 18.3 Å². The summed E-state index contributed by atoms with van der Waals surface area (Å²) >= 11 is 0. The van der Waals surface area contributed by atoms with Crippen LogP contribution in [0.25, 0.3) is 0 Å². The van der Waals surface area contributed by atoms with E-state index in [2.05, 4.69) is 15.0 Å². The molecule has 0 bridgehead atoms. The summed E-state index contributed by atoms with van der Waals surface area (Å²) < 4.78 is 20.7. The predicted molar refractivity (Wildman–Crippen MR) is 116 cm³/mol. The Kier molecular flexibility index (Phi) is 6.48. The quantitative estimate of drug-likeness (QED) is 0.569. The van der Waals surface area contributed by atoms with Crippen molar-refractivity contribution in [1.82, 2.24) is 19.7 Å². The van der Waals surface area contributed by atoms with Gasteiger partial charge in [-0.1, -0.05) is 12.1 Å². The van der Waals surface area contributed by atoms with E-state index < -0.39 is 5.60 Å². The second-order valence-corrected chi connectivity index (χ2v) is 8.16. The Morgan fingerprint density at radius 2 is 2.06 bits per heavy atom. The zero-order valence-corrected chi connectivity index (χ0v) is 17.7. The van der Waals surface area contributed by atoms with Crippen LogP contribution in [-0.4, -0.2) is 63.7 Å². The summed E-state index contributed by atoms with van der Waals surface area (Å²) in [5.41, 5.74) is 0.334. The highest BCUT2D eigenvalue weighted by atomic mass is 19.1. The maximum Gasteiger partial charge on any atom is 0.141 e. The molecule has 8 heteroatoms. The number of anilines is 1. The van der Waals surface area contributed by atoms with Crippen LogP contribution >= 0.6 is 0 Å². The standard InChI is InChI=1S/C23H28FN5O2/c1-27(17-23(30)9-12-28(18-23)22-8-5-20(24)15-25-22)16-19-3-6-21(7-4-19)31-14-13-29-11-2-10-26-29/h2-8,10-11,15,30H,9,12-14,16-18H2,1H3/t23-/m1/s1. The first-order chi connectivity index (χ1) is 15.0. The van der Waals surface area contributed by atoms with Crippen LogP contribution in [0.15, 0.2) is 61.1 Å². The van der Waals surface area contributed by atoms with Crippen molar-refractivity contribution in [2.75, 3.05) is 38.2 Å². The van der Waals surface area contributed by atoms with Crippen LogP contribution < -0.4 is 9.64 Å². The molecule has 0 unspecified atom stereocenters. The zero-order valence-electron chi connectivity index (χ0n) is 17.7. The minimum Gasteiger partial charge on any atom is -0.492 e. The number of nitrogens with zero attached hydrogens (tertiary/aromatic N) is 5. The van der Waals surface area contributed by atoms with Crippen molar-refractivity contribution >= 4 is 5.82 Å². The van der Waals surface area contributed by atoms with Crippen LogP contribution in [0.1, 0.15) is 12.0 Å². The van der Waals surface area contributed by atoms with Gasteiger partial charge in [0, 0.05) is 38.6 Å². The lowest BCUT2D eigenvalue weighted by molar-refractivity contribution is 0.0279. The maximum atomic E-state index is 13.1. The first-order valence-corrected chi connectivity index (χ1v) is 10.5. The number of β-amino-alcohol motifs (C(OH)–C–C–N with tert-alkyl or cyclic N) is 1. The lowest BCUT2D eigenvalue weighted by atomic mass is 10.0. The molecule has 0 radical (unpaired) electrons. The Balaban J connectivity index is 1.24. The van der Waals surface area contributed by atoms with E-state index in [1.807, 2.05) is 53.2 Å². The van der Waals surface area contributed by atoms with Crippen LogP contribution in [0.4, 0.5) is 10.2 Å². The fourth-order valence-electron chi connectivity index (χ4n) is 3.99. The largest absolute Gasteiger partial charge is 0.492 e. The number of hydrogen-bond donors (Lipinski definition) is 1. The van der Waals surface area contributed by atoms with E-state index in [-0.39, 0.29) is 5.82 Å². The van der Waals surface area contributed by atoms with Crippen LogP contribution in [0, 0.1) is 5.82 Å². The lowest BCUT2D eigenvalue weighted by Gasteiger charge is -2.29. The number of halogens is 1. The molecule has 1 aliphatic rings. The van der Waals surface area contributed by atoms with Crippen molar-refractivity contribution in [2.45, 2.75) is 25.1 Å². The fourth-order valence-corrected chi connectivity index (χ4v) is 3.99. The molecule has 2 aromatic heterocycles. The monoisotopic (exact) mass is 425 g/mol. The molecule has 0 amide bonds. The molecule has 3 aromatic rings. The number of aromatic nitrogens is 3. The van der Waals surface area contributed by atoms with Gasteiger partial charge in [-0.25, -0.2) is 9.37 Å². The van der Waals surface area contributed by atoms with E-state index in [4.69, 9.17) is 4.74 Å². The molecular formula is C23H28FN5O2. The number of pyridine rings is 1. The molecule has 1 aliphatic heterocycles. The van der Waals surface area contributed by atoms with E-state index in [0.29, 0.717) is 45.0 Å². The maximum absolute atomic E-state index is 13.1. The summed E-state index contributed by atoms with van der Waals surface area (Å²) in [5.74, 6) is 1.17. The Morgan fingerprint density at radius 3 is 2.77 bits per heavy atom. The molecule has 0 spiro atoms. The molecule has 0 aliphatic carbocycles. The minimum absolute atomic E-state index is 0.354. The first kappa shape index (κ1) is 21.3. The molecule has 3 heterocycles. The van der Waals surface area contributed by atoms with E-state index in [0.717, 1.165) is 17.9 Å². The highest BCUT2D eigenvalue weighted by Gasteiger charge is 2.37. The Morgan fingerprint density at radius 1 is 1.23 bits per heavy atom. The number of hydrogen-bond acceptors (Lipinski definition) is 6. The van der Waals surface area contributed by atoms with Gasteiger partial charge in [0.1, 0.15) is 24.0 Å². The van der Waals surface area contributed by atoms with Crippen LogP contribution in [-0.2, 0) is 13.1 Å². The van der Waals surface area contributed by atoms with Gasteiger partial charge in [-0.2, -0.15) is 5.10 Å². The van der Waals surface area contributed by atoms with Crippen molar-refractivity contribution in [3.8, 4) is 5.75 Å². The van der Waals surface area contributed by atoms with Gasteiger partial charge in [0.2, 0.25) is 0 Å². The average Bonchev–Trinajstić information content (AvgIpc) is 3.40. The zero-order chi connectivity index (χ0) is 21.7. The van der Waals surface area contributed by atoms with Crippen LogP contribution in [0.5, 0.6) is 5.75 Å². The number of aliphatic hydroxyl groups is 1. The van der Waals surface area contributed by atoms with Gasteiger partial charge >= 0.3 is 0 Å². The van der Waals surface area contributed by atoms with E-state index in [1.165, 1.54) is 12.3 Å². The summed E-state index contributed by atoms with van der Waals surface area (Å²) in [6, 6.07) is 13.0. The highest BCUT2D eigenvalue weighted by Crippen LogP contribution is 2.26. The first-order valence-electron chi connectivity index (χ1n) is 10.5. The highest BCUT2D eigenvalue weighted by molar-refractivity contribution is 5.40. The van der Waals surface area contributed by atoms with E-state index in [1.54, 1.807) is 12.3 Å². The number of rotatable bonds is 9. The predicted octanol–water partition coefficient (Wildman–Crippen LogP) is 2.57. The van der Waals surface area contributed by atoms with E-state index in [9.17, 15) is 9.50 Å². The SMILES string of the molecule is CN(Cc1ccc(OCCn2cccn2)cc1)C[C@]1(O)CCN(c2ccc(F)cn2)C1.